The zero-order valence-corrected chi connectivity index (χ0v) is 20.5. The Bertz CT molecular complexity index is 1380. The number of amides is 1. The topological polar surface area (TPSA) is 73.2 Å². The van der Waals surface area contributed by atoms with Crippen LogP contribution in [0.4, 0.5) is 5.69 Å². The third kappa shape index (κ3) is 4.60. The zero-order valence-electron chi connectivity index (χ0n) is 18.9. The lowest BCUT2D eigenvalue weighted by molar-refractivity contribution is -0.113. The van der Waals surface area contributed by atoms with Crippen LogP contribution in [-0.2, 0) is 17.6 Å². The fraction of sp³-hybridized carbons (Fsp3) is 0.269. The average molecular weight is 492 g/mol. The van der Waals surface area contributed by atoms with Crippen molar-refractivity contribution in [3.05, 3.63) is 75.4 Å². The van der Waals surface area contributed by atoms with E-state index in [1.165, 1.54) is 22.2 Å². The van der Waals surface area contributed by atoms with E-state index in [1.54, 1.807) is 15.9 Å². The van der Waals surface area contributed by atoms with E-state index >= 15 is 0 Å². The third-order valence-corrected chi connectivity index (χ3v) is 7.88. The van der Waals surface area contributed by atoms with Crippen LogP contribution >= 0.6 is 23.1 Å². The molecule has 0 saturated heterocycles. The van der Waals surface area contributed by atoms with Crippen molar-refractivity contribution in [2.45, 2.75) is 37.8 Å². The summed E-state index contributed by atoms with van der Waals surface area (Å²) in [6, 6.07) is 16.8. The fourth-order valence-electron chi connectivity index (χ4n) is 4.22. The van der Waals surface area contributed by atoms with E-state index in [-0.39, 0.29) is 17.2 Å². The number of aromatic nitrogens is 2. The highest BCUT2D eigenvalue weighted by molar-refractivity contribution is 7.99. The van der Waals surface area contributed by atoms with Crippen LogP contribution in [0.5, 0.6) is 5.75 Å². The second-order valence-corrected chi connectivity index (χ2v) is 10.1. The molecular formula is C26H25N3O3S2. The predicted octanol–water partition coefficient (Wildman–Crippen LogP) is 5.46. The van der Waals surface area contributed by atoms with Crippen LogP contribution in [0.15, 0.2) is 64.5 Å². The van der Waals surface area contributed by atoms with Crippen molar-refractivity contribution in [2.24, 2.45) is 0 Å². The smallest absolute Gasteiger partial charge is 0.267 e. The highest BCUT2D eigenvalue weighted by atomic mass is 32.2. The molecule has 0 fully saturated rings. The summed E-state index contributed by atoms with van der Waals surface area (Å²) in [5, 5.41) is 4.18. The molecule has 0 bridgehead atoms. The van der Waals surface area contributed by atoms with Crippen molar-refractivity contribution in [1.82, 2.24) is 9.55 Å². The van der Waals surface area contributed by atoms with Crippen molar-refractivity contribution in [1.29, 1.82) is 0 Å². The minimum Gasteiger partial charge on any atom is -0.494 e. The van der Waals surface area contributed by atoms with Crippen LogP contribution < -0.4 is 15.6 Å². The molecule has 2 aromatic heterocycles. The Balaban J connectivity index is 1.44. The number of fused-ring (bicyclic) bond motifs is 3. The highest BCUT2D eigenvalue weighted by Gasteiger charge is 2.23. The van der Waals surface area contributed by atoms with Gasteiger partial charge in [-0.25, -0.2) is 4.98 Å². The maximum atomic E-state index is 13.7. The summed E-state index contributed by atoms with van der Waals surface area (Å²) in [5.74, 6) is 0.745. The summed E-state index contributed by atoms with van der Waals surface area (Å²) in [6.45, 7) is 2.52. The molecule has 174 valence electrons. The lowest BCUT2D eigenvalue weighted by atomic mass is 9.97. The average Bonchev–Trinajstić information content (AvgIpc) is 3.23. The van der Waals surface area contributed by atoms with E-state index < -0.39 is 0 Å². The van der Waals surface area contributed by atoms with Crippen LogP contribution in [0.3, 0.4) is 0 Å². The molecule has 0 spiro atoms. The van der Waals surface area contributed by atoms with E-state index in [4.69, 9.17) is 9.72 Å². The highest BCUT2D eigenvalue weighted by Crippen LogP contribution is 2.35. The van der Waals surface area contributed by atoms with Crippen molar-refractivity contribution < 1.29 is 9.53 Å². The van der Waals surface area contributed by atoms with Crippen LogP contribution in [0, 0.1) is 0 Å². The molecule has 1 N–H and O–H groups in total. The number of carbonyl (C=O) groups is 1. The first-order valence-corrected chi connectivity index (χ1v) is 13.2. The van der Waals surface area contributed by atoms with Crippen molar-refractivity contribution >= 4 is 44.9 Å². The number of anilines is 1. The number of aryl methyl sites for hydroxylation is 2. The Morgan fingerprint density at radius 3 is 2.65 bits per heavy atom. The molecular weight excluding hydrogens is 466 g/mol. The predicted molar refractivity (Wildman–Crippen MR) is 139 cm³/mol. The molecule has 0 saturated carbocycles. The Labute approximate surface area is 206 Å². The van der Waals surface area contributed by atoms with Gasteiger partial charge in [-0.3, -0.25) is 14.2 Å². The third-order valence-electron chi connectivity index (χ3n) is 5.75. The van der Waals surface area contributed by atoms with Gasteiger partial charge in [-0.15, -0.1) is 11.3 Å². The summed E-state index contributed by atoms with van der Waals surface area (Å²) >= 11 is 2.90. The number of ether oxygens (including phenoxy) is 1. The SMILES string of the molecule is CCOc1ccc(NC(=O)CSc2nc3sc4c(c3c(=O)n2-c2ccccc2)CCCC4)cc1. The number of benzene rings is 2. The summed E-state index contributed by atoms with van der Waals surface area (Å²) in [6.07, 6.45) is 4.19. The van der Waals surface area contributed by atoms with E-state index in [0.717, 1.165) is 47.3 Å². The molecule has 0 unspecified atom stereocenters. The van der Waals surface area contributed by atoms with Crippen molar-refractivity contribution in [3.8, 4) is 11.4 Å². The lowest BCUT2D eigenvalue weighted by Gasteiger charge is -2.13. The van der Waals surface area contributed by atoms with Gasteiger partial charge in [0, 0.05) is 10.6 Å². The number of rotatable bonds is 7. The summed E-state index contributed by atoms with van der Waals surface area (Å²) < 4.78 is 7.10. The molecule has 2 aromatic carbocycles. The molecule has 1 aliphatic carbocycles. The second-order valence-electron chi connectivity index (χ2n) is 8.06. The Morgan fingerprint density at radius 2 is 1.88 bits per heavy atom. The maximum absolute atomic E-state index is 13.7. The standard InChI is InChI=1S/C26H25N3O3S2/c1-2-32-19-14-12-17(13-15-19)27-22(30)16-33-26-28-24-23(20-10-6-7-11-21(20)34-24)25(31)29(26)18-8-4-3-5-9-18/h3-5,8-9,12-15H,2,6-7,10-11,16H2,1H3,(H,27,30). The van der Waals surface area contributed by atoms with Gasteiger partial charge in [0.05, 0.1) is 23.4 Å². The maximum Gasteiger partial charge on any atom is 0.267 e. The number of carbonyl (C=O) groups excluding carboxylic acids is 1. The molecule has 0 radical (unpaired) electrons. The molecule has 5 rings (SSSR count). The van der Waals surface area contributed by atoms with Crippen molar-refractivity contribution in [3.63, 3.8) is 0 Å². The first kappa shape index (κ1) is 22.7. The molecule has 1 aliphatic rings. The summed E-state index contributed by atoms with van der Waals surface area (Å²) in [7, 11) is 0. The molecule has 6 nitrogen and oxygen atoms in total. The monoisotopic (exact) mass is 491 g/mol. The molecule has 0 aliphatic heterocycles. The van der Waals surface area contributed by atoms with Gasteiger partial charge in [-0.05, 0) is 74.6 Å². The molecule has 1 amide bonds. The minimum absolute atomic E-state index is 0.0509. The second kappa shape index (κ2) is 10.0. The van der Waals surface area contributed by atoms with Crippen LogP contribution in [0.2, 0.25) is 0 Å². The van der Waals surface area contributed by atoms with Gasteiger partial charge in [0.15, 0.2) is 5.16 Å². The Hall–Kier alpha value is -3.10. The van der Waals surface area contributed by atoms with E-state index in [2.05, 4.69) is 5.32 Å². The molecule has 2 heterocycles. The largest absolute Gasteiger partial charge is 0.494 e. The molecule has 4 aromatic rings. The van der Waals surface area contributed by atoms with E-state index in [1.807, 2.05) is 61.5 Å². The van der Waals surface area contributed by atoms with Gasteiger partial charge >= 0.3 is 0 Å². The number of thioether (sulfide) groups is 1. The van der Waals surface area contributed by atoms with Crippen molar-refractivity contribution in [2.75, 3.05) is 17.7 Å². The van der Waals surface area contributed by atoms with Gasteiger partial charge in [-0.2, -0.15) is 0 Å². The zero-order chi connectivity index (χ0) is 23.5. The van der Waals surface area contributed by atoms with Gasteiger partial charge in [0.25, 0.3) is 5.56 Å². The van der Waals surface area contributed by atoms with Crippen LogP contribution in [0.1, 0.15) is 30.2 Å². The Kier molecular flexibility index (Phi) is 6.69. The van der Waals surface area contributed by atoms with Gasteiger partial charge in [0.1, 0.15) is 10.6 Å². The van der Waals surface area contributed by atoms with E-state index in [0.29, 0.717) is 17.5 Å². The first-order valence-electron chi connectivity index (χ1n) is 11.4. The lowest BCUT2D eigenvalue weighted by Crippen LogP contribution is -2.23. The number of para-hydroxylation sites is 1. The fourth-order valence-corrected chi connectivity index (χ4v) is 6.33. The summed E-state index contributed by atoms with van der Waals surface area (Å²) in [4.78, 5) is 33.3. The van der Waals surface area contributed by atoms with Crippen LogP contribution in [0.25, 0.3) is 15.9 Å². The number of hydrogen-bond donors (Lipinski definition) is 1. The number of nitrogens with one attached hydrogen (secondary N) is 1. The molecule has 8 heteroatoms. The Morgan fingerprint density at radius 1 is 1.12 bits per heavy atom. The van der Waals surface area contributed by atoms with Gasteiger partial charge in [-0.1, -0.05) is 30.0 Å². The normalized spacial score (nSPS) is 13.0. The van der Waals surface area contributed by atoms with Gasteiger partial charge in [0.2, 0.25) is 5.91 Å². The number of hydrogen-bond acceptors (Lipinski definition) is 6. The molecule has 34 heavy (non-hydrogen) atoms. The minimum atomic E-state index is -0.159. The van der Waals surface area contributed by atoms with Gasteiger partial charge < -0.3 is 10.1 Å². The summed E-state index contributed by atoms with van der Waals surface area (Å²) in [5.41, 5.74) is 2.57. The van der Waals surface area contributed by atoms with Crippen LogP contribution in [-0.4, -0.2) is 27.8 Å². The first-order chi connectivity index (χ1) is 16.6. The number of thiophene rings is 1. The quantitative estimate of drug-likeness (QED) is 0.275. The molecule has 0 atom stereocenters. The number of nitrogens with zero attached hydrogens (tertiary/aromatic N) is 2. The van der Waals surface area contributed by atoms with E-state index in [9.17, 15) is 9.59 Å².